The summed E-state index contributed by atoms with van der Waals surface area (Å²) >= 11 is 0. The molecule has 1 rings (SSSR count). The van der Waals surface area contributed by atoms with Crippen LogP contribution in [0.15, 0.2) is 0 Å². The average Bonchev–Trinajstić information content (AvgIpc) is 2.38. The van der Waals surface area contributed by atoms with Gasteiger partial charge in [-0.15, -0.1) is 0 Å². The Hall–Kier alpha value is -1.10. The minimum atomic E-state index is -0.698. The van der Waals surface area contributed by atoms with E-state index in [0.717, 1.165) is 25.9 Å². The van der Waals surface area contributed by atoms with Crippen molar-refractivity contribution in [2.45, 2.75) is 39.5 Å². The normalized spacial score (nSPS) is 17.9. The highest BCUT2D eigenvalue weighted by atomic mass is 16.4. The number of nitrogens with one attached hydrogen (secondary N) is 1. The predicted molar refractivity (Wildman–Crippen MR) is 69.0 cm³/mol. The van der Waals surface area contributed by atoms with Crippen molar-refractivity contribution in [2.24, 2.45) is 11.8 Å². The van der Waals surface area contributed by atoms with Gasteiger partial charge in [0.1, 0.15) is 0 Å². The summed E-state index contributed by atoms with van der Waals surface area (Å²) in [4.78, 5) is 24.7. The van der Waals surface area contributed by atoms with E-state index in [9.17, 15) is 9.59 Å². The van der Waals surface area contributed by atoms with Crippen molar-refractivity contribution in [3.63, 3.8) is 0 Å². The Bertz CT molecular complexity index is 282. The van der Waals surface area contributed by atoms with E-state index in [4.69, 9.17) is 5.11 Å². The van der Waals surface area contributed by atoms with Gasteiger partial charge in [0.15, 0.2) is 0 Å². The molecular formula is C13H24N2O3. The monoisotopic (exact) mass is 256 g/mol. The molecule has 0 saturated carbocycles. The van der Waals surface area contributed by atoms with Crippen LogP contribution < -0.4 is 5.32 Å². The largest absolute Gasteiger partial charge is 0.481 e. The maximum absolute atomic E-state index is 11.8. The van der Waals surface area contributed by atoms with Gasteiger partial charge in [-0.3, -0.25) is 14.5 Å². The Morgan fingerprint density at radius 3 is 2.28 bits per heavy atom. The third-order valence-corrected chi connectivity index (χ3v) is 3.77. The maximum atomic E-state index is 11.8. The lowest BCUT2D eigenvalue weighted by molar-refractivity contribution is -0.143. The number of aliphatic carboxylic acids is 1. The highest BCUT2D eigenvalue weighted by molar-refractivity contribution is 5.78. The van der Waals surface area contributed by atoms with Crippen molar-refractivity contribution >= 4 is 11.9 Å². The quantitative estimate of drug-likeness (QED) is 0.751. The van der Waals surface area contributed by atoms with Crippen LogP contribution in [0.2, 0.25) is 0 Å². The zero-order valence-corrected chi connectivity index (χ0v) is 11.3. The van der Waals surface area contributed by atoms with E-state index in [1.54, 1.807) is 0 Å². The summed E-state index contributed by atoms with van der Waals surface area (Å²) < 4.78 is 0. The second-order valence-electron chi connectivity index (χ2n) is 4.94. The Labute approximate surface area is 109 Å². The second-order valence-corrected chi connectivity index (χ2v) is 4.94. The molecule has 1 fully saturated rings. The summed E-state index contributed by atoms with van der Waals surface area (Å²) in [6, 6.07) is 0. The third kappa shape index (κ3) is 4.29. The van der Waals surface area contributed by atoms with Gasteiger partial charge in [-0.25, -0.2) is 0 Å². The van der Waals surface area contributed by atoms with Gasteiger partial charge >= 0.3 is 5.97 Å². The number of hydrogen-bond acceptors (Lipinski definition) is 3. The van der Waals surface area contributed by atoms with Crippen LogP contribution in [0.3, 0.4) is 0 Å². The van der Waals surface area contributed by atoms with Gasteiger partial charge in [-0.05, 0) is 25.7 Å². The first-order chi connectivity index (χ1) is 8.58. The predicted octanol–water partition coefficient (Wildman–Crippen LogP) is 1.29. The molecular weight excluding hydrogens is 232 g/mol. The van der Waals surface area contributed by atoms with Gasteiger partial charge in [-0.1, -0.05) is 13.8 Å². The van der Waals surface area contributed by atoms with E-state index >= 15 is 0 Å². The molecule has 1 saturated heterocycles. The number of carboxylic acids is 1. The van der Waals surface area contributed by atoms with E-state index in [1.807, 2.05) is 13.8 Å². The Kier molecular flexibility index (Phi) is 6.12. The number of carbonyl (C=O) groups excluding carboxylic acids is 1. The van der Waals surface area contributed by atoms with Crippen LogP contribution in [0.5, 0.6) is 0 Å². The standard InChI is InChI=1S/C13H24N2O3/c1-3-10(4-2)12(16)14-9-15-7-5-11(6-8-15)13(17)18/h10-11H,3-9H2,1-2H3,(H,14,16)(H,17,18). The summed E-state index contributed by atoms with van der Waals surface area (Å²) in [7, 11) is 0. The molecule has 0 aliphatic carbocycles. The summed E-state index contributed by atoms with van der Waals surface area (Å²) in [6.45, 7) is 6.08. The summed E-state index contributed by atoms with van der Waals surface area (Å²) in [5.74, 6) is -0.700. The van der Waals surface area contributed by atoms with Gasteiger partial charge < -0.3 is 10.4 Å². The first-order valence-corrected chi connectivity index (χ1v) is 6.81. The number of amides is 1. The number of carboxylic acid groups (broad SMARTS) is 1. The number of hydrogen-bond donors (Lipinski definition) is 2. The van der Waals surface area contributed by atoms with Crippen molar-refractivity contribution < 1.29 is 14.7 Å². The topological polar surface area (TPSA) is 69.6 Å². The fraction of sp³-hybridized carbons (Fsp3) is 0.846. The molecule has 1 aliphatic heterocycles. The Balaban J connectivity index is 2.25. The maximum Gasteiger partial charge on any atom is 0.306 e. The molecule has 1 heterocycles. The van der Waals surface area contributed by atoms with Crippen LogP contribution >= 0.6 is 0 Å². The van der Waals surface area contributed by atoms with Crippen molar-refractivity contribution in [2.75, 3.05) is 19.8 Å². The molecule has 5 nitrogen and oxygen atoms in total. The molecule has 1 amide bonds. The lowest BCUT2D eigenvalue weighted by Crippen LogP contribution is -2.44. The molecule has 1 aliphatic rings. The zero-order valence-electron chi connectivity index (χ0n) is 11.3. The van der Waals surface area contributed by atoms with Crippen LogP contribution in [0.1, 0.15) is 39.5 Å². The van der Waals surface area contributed by atoms with E-state index in [-0.39, 0.29) is 17.7 Å². The average molecular weight is 256 g/mol. The first-order valence-electron chi connectivity index (χ1n) is 6.81. The molecule has 18 heavy (non-hydrogen) atoms. The van der Waals surface area contributed by atoms with Crippen molar-refractivity contribution in [1.29, 1.82) is 0 Å². The molecule has 0 aromatic rings. The van der Waals surface area contributed by atoms with Gasteiger partial charge in [0.2, 0.25) is 5.91 Å². The minimum Gasteiger partial charge on any atom is -0.481 e. The van der Waals surface area contributed by atoms with Crippen LogP contribution in [0.4, 0.5) is 0 Å². The molecule has 0 bridgehead atoms. The second kappa shape index (κ2) is 7.36. The van der Waals surface area contributed by atoms with Crippen molar-refractivity contribution in [1.82, 2.24) is 10.2 Å². The highest BCUT2D eigenvalue weighted by Gasteiger charge is 2.24. The number of rotatable bonds is 6. The van der Waals surface area contributed by atoms with Crippen molar-refractivity contribution in [3.8, 4) is 0 Å². The third-order valence-electron chi connectivity index (χ3n) is 3.77. The van der Waals surface area contributed by atoms with Gasteiger partial charge in [0, 0.05) is 19.0 Å². The smallest absolute Gasteiger partial charge is 0.306 e. The van der Waals surface area contributed by atoms with Crippen LogP contribution in [-0.2, 0) is 9.59 Å². The molecule has 5 heteroatoms. The Morgan fingerprint density at radius 1 is 1.28 bits per heavy atom. The number of carbonyl (C=O) groups is 2. The molecule has 0 unspecified atom stereocenters. The number of likely N-dealkylation sites (tertiary alicyclic amines) is 1. The van der Waals surface area contributed by atoms with E-state index in [2.05, 4.69) is 10.2 Å². The number of piperidine rings is 1. The molecule has 0 spiro atoms. The molecule has 0 aromatic carbocycles. The lowest BCUT2D eigenvalue weighted by atomic mass is 9.97. The van der Waals surface area contributed by atoms with Gasteiger partial charge in [0.25, 0.3) is 0 Å². The fourth-order valence-corrected chi connectivity index (χ4v) is 2.33. The van der Waals surface area contributed by atoms with E-state index in [0.29, 0.717) is 19.5 Å². The van der Waals surface area contributed by atoms with Gasteiger partial charge in [0.05, 0.1) is 12.6 Å². The zero-order chi connectivity index (χ0) is 13.5. The molecule has 0 aromatic heterocycles. The Morgan fingerprint density at radius 2 is 1.83 bits per heavy atom. The summed E-state index contributed by atoms with van der Waals surface area (Å²) in [5.41, 5.74) is 0. The number of nitrogens with zero attached hydrogens (tertiary/aromatic N) is 1. The van der Waals surface area contributed by atoms with Crippen LogP contribution in [-0.4, -0.2) is 41.6 Å². The summed E-state index contributed by atoms with van der Waals surface area (Å²) in [5, 5.41) is 11.8. The summed E-state index contributed by atoms with van der Waals surface area (Å²) in [6.07, 6.45) is 3.08. The highest BCUT2D eigenvalue weighted by Crippen LogP contribution is 2.16. The van der Waals surface area contributed by atoms with Crippen LogP contribution in [0, 0.1) is 11.8 Å². The van der Waals surface area contributed by atoms with E-state index < -0.39 is 5.97 Å². The first kappa shape index (κ1) is 15.0. The van der Waals surface area contributed by atoms with Crippen LogP contribution in [0.25, 0.3) is 0 Å². The van der Waals surface area contributed by atoms with Gasteiger partial charge in [-0.2, -0.15) is 0 Å². The van der Waals surface area contributed by atoms with Crippen molar-refractivity contribution in [3.05, 3.63) is 0 Å². The molecule has 0 radical (unpaired) electrons. The SMILES string of the molecule is CCC(CC)C(=O)NCN1CCC(C(=O)O)CC1. The molecule has 2 N–H and O–H groups in total. The fourth-order valence-electron chi connectivity index (χ4n) is 2.33. The molecule has 104 valence electrons. The lowest BCUT2D eigenvalue weighted by Gasteiger charge is -2.30. The molecule has 0 atom stereocenters. The van der Waals surface area contributed by atoms with E-state index in [1.165, 1.54) is 0 Å². The minimum absolute atomic E-state index is 0.0987.